The van der Waals surface area contributed by atoms with Crippen LogP contribution in [0.15, 0.2) is 29.4 Å². The van der Waals surface area contributed by atoms with Crippen LogP contribution in [-0.4, -0.2) is 48.7 Å². The standard InChI is InChI=1S/C15H22N4O/c16-14(19-8-10-20-11-9-19)18-12-15(5-3-6-15)13-4-1-2-7-17-13/h1-2,4,7H,3,5-6,8-12H2,(H2,16,18). The Morgan fingerprint density at radius 1 is 1.35 bits per heavy atom. The molecule has 0 aromatic carbocycles. The van der Waals surface area contributed by atoms with E-state index in [2.05, 4.69) is 27.0 Å². The van der Waals surface area contributed by atoms with E-state index in [9.17, 15) is 0 Å². The van der Waals surface area contributed by atoms with Crippen LogP contribution < -0.4 is 5.73 Å². The van der Waals surface area contributed by atoms with Gasteiger partial charge < -0.3 is 15.4 Å². The molecule has 0 spiro atoms. The van der Waals surface area contributed by atoms with Crippen molar-refractivity contribution in [2.45, 2.75) is 24.7 Å². The molecule has 0 radical (unpaired) electrons. The van der Waals surface area contributed by atoms with Crippen molar-refractivity contribution in [3.63, 3.8) is 0 Å². The summed E-state index contributed by atoms with van der Waals surface area (Å²) in [5.74, 6) is 0.649. The largest absolute Gasteiger partial charge is 0.378 e. The number of rotatable bonds is 3. The highest BCUT2D eigenvalue weighted by atomic mass is 16.5. The molecule has 1 saturated heterocycles. The number of morpholine rings is 1. The molecule has 20 heavy (non-hydrogen) atoms. The summed E-state index contributed by atoms with van der Waals surface area (Å²) in [6, 6.07) is 6.12. The Balaban J connectivity index is 1.69. The highest BCUT2D eigenvalue weighted by molar-refractivity contribution is 5.78. The van der Waals surface area contributed by atoms with Gasteiger partial charge in [0.1, 0.15) is 0 Å². The molecular formula is C15H22N4O. The first-order valence-corrected chi connectivity index (χ1v) is 7.34. The van der Waals surface area contributed by atoms with Gasteiger partial charge in [-0.25, -0.2) is 0 Å². The maximum atomic E-state index is 6.11. The van der Waals surface area contributed by atoms with Gasteiger partial charge in [-0.2, -0.15) is 0 Å². The number of aromatic nitrogens is 1. The van der Waals surface area contributed by atoms with Crippen molar-refractivity contribution in [1.82, 2.24) is 9.88 Å². The fourth-order valence-corrected chi connectivity index (χ4v) is 2.90. The van der Waals surface area contributed by atoms with Gasteiger partial charge in [0.2, 0.25) is 0 Å². The molecule has 0 bridgehead atoms. The number of pyridine rings is 1. The van der Waals surface area contributed by atoms with Crippen LogP contribution in [0.25, 0.3) is 0 Å². The van der Waals surface area contributed by atoms with E-state index < -0.39 is 0 Å². The number of nitrogens with zero attached hydrogens (tertiary/aromatic N) is 3. The summed E-state index contributed by atoms with van der Waals surface area (Å²) < 4.78 is 5.33. The van der Waals surface area contributed by atoms with Gasteiger partial charge in [0.05, 0.1) is 19.8 Å². The second-order valence-electron chi connectivity index (χ2n) is 5.62. The number of aliphatic imine (C=N–C) groups is 1. The molecule has 1 aliphatic carbocycles. The van der Waals surface area contributed by atoms with Gasteiger partial charge in [-0.05, 0) is 25.0 Å². The molecule has 3 rings (SSSR count). The zero-order valence-corrected chi connectivity index (χ0v) is 11.8. The highest BCUT2D eigenvalue weighted by Crippen LogP contribution is 2.42. The maximum absolute atomic E-state index is 6.11. The Bertz CT molecular complexity index is 464. The normalized spacial score (nSPS) is 22.4. The number of guanidine groups is 1. The average Bonchev–Trinajstić information content (AvgIpc) is 2.48. The van der Waals surface area contributed by atoms with Gasteiger partial charge in [-0.15, -0.1) is 0 Å². The van der Waals surface area contributed by atoms with Crippen molar-refractivity contribution in [3.8, 4) is 0 Å². The lowest BCUT2D eigenvalue weighted by atomic mass is 9.66. The molecule has 108 valence electrons. The minimum Gasteiger partial charge on any atom is -0.378 e. The highest BCUT2D eigenvalue weighted by Gasteiger charge is 2.39. The Labute approximate surface area is 119 Å². The minimum absolute atomic E-state index is 0.109. The third-order valence-electron chi connectivity index (χ3n) is 4.40. The fraction of sp³-hybridized carbons (Fsp3) is 0.600. The number of ether oxygens (including phenoxy) is 1. The van der Waals surface area contributed by atoms with E-state index in [1.54, 1.807) is 0 Å². The van der Waals surface area contributed by atoms with E-state index in [-0.39, 0.29) is 5.41 Å². The van der Waals surface area contributed by atoms with Gasteiger partial charge in [-0.1, -0.05) is 12.5 Å². The van der Waals surface area contributed by atoms with Crippen LogP contribution in [0, 0.1) is 0 Å². The number of hydrogen-bond acceptors (Lipinski definition) is 3. The molecule has 1 aliphatic heterocycles. The van der Waals surface area contributed by atoms with E-state index >= 15 is 0 Å². The summed E-state index contributed by atoms with van der Waals surface area (Å²) in [5, 5.41) is 0. The lowest BCUT2D eigenvalue weighted by molar-refractivity contribution is 0.0672. The lowest BCUT2D eigenvalue weighted by Gasteiger charge is -2.40. The fourth-order valence-electron chi connectivity index (χ4n) is 2.90. The zero-order chi connectivity index (χ0) is 13.8. The Morgan fingerprint density at radius 2 is 2.15 bits per heavy atom. The molecule has 0 unspecified atom stereocenters. The summed E-state index contributed by atoms with van der Waals surface area (Å²) in [5.41, 5.74) is 7.38. The topological polar surface area (TPSA) is 63.7 Å². The molecule has 1 aromatic rings. The van der Waals surface area contributed by atoms with Crippen molar-refractivity contribution < 1.29 is 4.74 Å². The predicted octanol–water partition coefficient (Wildman–Crippen LogP) is 1.15. The van der Waals surface area contributed by atoms with E-state index in [4.69, 9.17) is 10.5 Å². The molecule has 2 fully saturated rings. The minimum atomic E-state index is 0.109. The molecule has 2 aliphatic rings. The first kappa shape index (κ1) is 13.4. The molecule has 1 aromatic heterocycles. The first-order valence-electron chi connectivity index (χ1n) is 7.34. The van der Waals surface area contributed by atoms with Gasteiger partial charge in [0, 0.05) is 30.4 Å². The van der Waals surface area contributed by atoms with E-state index in [1.165, 1.54) is 6.42 Å². The van der Waals surface area contributed by atoms with Crippen molar-refractivity contribution in [2.75, 3.05) is 32.8 Å². The van der Waals surface area contributed by atoms with Crippen LogP contribution >= 0.6 is 0 Å². The second kappa shape index (κ2) is 5.79. The smallest absolute Gasteiger partial charge is 0.191 e. The summed E-state index contributed by atoms with van der Waals surface area (Å²) >= 11 is 0. The molecule has 5 heteroatoms. The van der Waals surface area contributed by atoms with Gasteiger partial charge in [-0.3, -0.25) is 9.98 Å². The SMILES string of the molecule is NC(=NCC1(c2ccccn2)CCC1)N1CCOCC1. The number of hydrogen-bond donors (Lipinski definition) is 1. The molecule has 0 atom stereocenters. The van der Waals surface area contributed by atoms with E-state index in [0.29, 0.717) is 5.96 Å². The van der Waals surface area contributed by atoms with Crippen LogP contribution in [-0.2, 0) is 10.2 Å². The van der Waals surface area contributed by atoms with Crippen molar-refractivity contribution in [1.29, 1.82) is 0 Å². The van der Waals surface area contributed by atoms with E-state index in [0.717, 1.165) is 51.4 Å². The number of nitrogens with two attached hydrogens (primary N) is 1. The van der Waals surface area contributed by atoms with Crippen molar-refractivity contribution >= 4 is 5.96 Å². The van der Waals surface area contributed by atoms with Crippen LogP contribution in [0.1, 0.15) is 25.0 Å². The van der Waals surface area contributed by atoms with E-state index in [1.807, 2.05) is 12.3 Å². The summed E-state index contributed by atoms with van der Waals surface area (Å²) in [7, 11) is 0. The molecule has 2 N–H and O–H groups in total. The predicted molar refractivity (Wildman–Crippen MR) is 78.6 cm³/mol. The summed E-state index contributed by atoms with van der Waals surface area (Å²) in [6.07, 6.45) is 5.43. The zero-order valence-electron chi connectivity index (χ0n) is 11.8. The lowest BCUT2D eigenvalue weighted by Crippen LogP contribution is -2.46. The maximum Gasteiger partial charge on any atom is 0.191 e. The monoisotopic (exact) mass is 274 g/mol. The quantitative estimate of drug-likeness (QED) is 0.663. The van der Waals surface area contributed by atoms with Gasteiger partial charge in [0.15, 0.2) is 5.96 Å². The molecular weight excluding hydrogens is 252 g/mol. The molecule has 2 heterocycles. The molecule has 0 amide bonds. The van der Waals surface area contributed by atoms with Crippen molar-refractivity contribution in [3.05, 3.63) is 30.1 Å². The second-order valence-corrected chi connectivity index (χ2v) is 5.62. The molecule has 5 nitrogen and oxygen atoms in total. The Hall–Kier alpha value is -1.62. The van der Waals surface area contributed by atoms with Crippen LogP contribution in [0.5, 0.6) is 0 Å². The first-order chi connectivity index (χ1) is 9.80. The van der Waals surface area contributed by atoms with Crippen LogP contribution in [0.4, 0.5) is 0 Å². The van der Waals surface area contributed by atoms with Crippen LogP contribution in [0.2, 0.25) is 0 Å². The third-order valence-corrected chi connectivity index (χ3v) is 4.40. The van der Waals surface area contributed by atoms with Gasteiger partial charge in [0.25, 0.3) is 0 Å². The Morgan fingerprint density at radius 3 is 2.75 bits per heavy atom. The van der Waals surface area contributed by atoms with Gasteiger partial charge >= 0.3 is 0 Å². The molecule has 1 saturated carbocycles. The van der Waals surface area contributed by atoms with Crippen molar-refractivity contribution in [2.24, 2.45) is 10.7 Å². The third kappa shape index (κ3) is 2.63. The Kier molecular flexibility index (Phi) is 3.87. The average molecular weight is 274 g/mol. The summed E-state index contributed by atoms with van der Waals surface area (Å²) in [6.45, 7) is 3.90. The summed E-state index contributed by atoms with van der Waals surface area (Å²) in [4.78, 5) is 11.3. The van der Waals surface area contributed by atoms with Crippen LogP contribution in [0.3, 0.4) is 0 Å².